The molecule has 0 radical (unpaired) electrons. The second-order valence-electron chi connectivity index (χ2n) is 6.79. The van der Waals surface area contributed by atoms with Gasteiger partial charge in [-0.2, -0.15) is 0 Å². The van der Waals surface area contributed by atoms with Crippen LogP contribution in [0.3, 0.4) is 0 Å². The van der Waals surface area contributed by atoms with Crippen LogP contribution in [0.5, 0.6) is 0 Å². The molecule has 1 heterocycles. The first-order chi connectivity index (χ1) is 10.2. The molecule has 21 heavy (non-hydrogen) atoms. The van der Waals surface area contributed by atoms with Crippen molar-refractivity contribution in [1.82, 2.24) is 0 Å². The highest BCUT2D eigenvalue weighted by atomic mass is 35.5. The van der Waals surface area contributed by atoms with E-state index in [4.69, 9.17) is 16.3 Å². The molecule has 0 aromatic heterocycles. The zero-order chi connectivity index (χ0) is 14.7. The minimum Gasteiger partial charge on any atom is -0.396 e. The van der Waals surface area contributed by atoms with Gasteiger partial charge < -0.3 is 9.84 Å². The van der Waals surface area contributed by atoms with Gasteiger partial charge in [-0.25, -0.2) is 0 Å². The molecule has 1 saturated heterocycles. The third kappa shape index (κ3) is 3.80. The standard InChI is InChI=1S/C18H25ClO2/c19-16-5-3-4-14(11-16)10-15(13-20)12-17-6-9-18(21-17)7-1-2-8-18/h3-5,11,15,17,20H,1-2,6-10,12-13H2. The highest BCUT2D eigenvalue weighted by molar-refractivity contribution is 6.30. The molecule has 1 aliphatic heterocycles. The second kappa shape index (κ2) is 6.68. The summed E-state index contributed by atoms with van der Waals surface area (Å²) in [6.07, 6.45) is 9.66. The number of rotatable bonds is 5. The van der Waals surface area contributed by atoms with E-state index in [2.05, 4.69) is 6.07 Å². The smallest absolute Gasteiger partial charge is 0.0687 e. The first kappa shape index (κ1) is 15.3. The summed E-state index contributed by atoms with van der Waals surface area (Å²) in [6.45, 7) is 0.222. The lowest BCUT2D eigenvalue weighted by Gasteiger charge is -2.25. The fraction of sp³-hybridized carbons (Fsp3) is 0.667. The molecule has 116 valence electrons. The normalized spacial score (nSPS) is 25.5. The van der Waals surface area contributed by atoms with E-state index in [1.165, 1.54) is 37.7 Å². The molecular formula is C18H25ClO2. The van der Waals surface area contributed by atoms with Crippen LogP contribution in [0.25, 0.3) is 0 Å². The molecule has 1 aliphatic carbocycles. The fourth-order valence-electron chi connectivity index (χ4n) is 4.04. The topological polar surface area (TPSA) is 29.5 Å². The number of benzene rings is 1. The van der Waals surface area contributed by atoms with Gasteiger partial charge in [0.15, 0.2) is 0 Å². The highest BCUT2D eigenvalue weighted by Gasteiger charge is 2.42. The maximum atomic E-state index is 9.69. The van der Waals surface area contributed by atoms with E-state index >= 15 is 0 Å². The molecule has 1 N–H and O–H groups in total. The molecule has 2 fully saturated rings. The zero-order valence-corrected chi connectivity index (χ0v) is 13.3. The Bertz CT molecular complexity index is 468. The summed E-state index contributed by atoms with van der Waals surface area (Å²) in [6, 6.07) is 7.95. The van der Waals surface area contributed by atoms with Crippen LogP contribution in [0.2, 0.25) is 5.02 Å². The number of halogens is 1. The summed E-state index contributed by atoms with van der Waals surface area (Å²) in [4.78, 5) is 0. The molecule has 2 atom stereocenters. The molecule has 3 rings (SSSR count). The average Bonchev–Trinajstić information content (AvgIpc) is 3.09. The van der Waals surface area contributed by atoms with Gasteiger partial charge in [0, 0.05) is 11.6 Å². The minimum atomic E-state index is 0.195. The summed E-state index contributed by atoms with van der Waals surface area (Å²) < 4.78 is 6.37. The monoisotopic (exact) mass is 308 g/mol. The van der Waals surface area contributed by atoms with Crippen molar-refractivity contribution >= 4 is 11.6 Å². The van der Waals surface area contributed by atoms with Crippen molar-refractivity contribution in [1.29, 1.82) is 0 Å². The van der Waals surface area contributed by atoms with Gasteiger partial charge in [0.1, 0.15) is 0 Å². The van der Waals surface area contributed by atoms with Crippen LogP contribution >= 0.6 is 11.6 Å². The summed E-state index contributed by atoms with van der Waals surface area (Å²) in [5, 5.41) is 10.5. The van der Waals surface area contributed by atoms with E-state index in [9.17, 15) is 5.11 Å². The molecule has 1 aromatic rings. The van der Waals surface area contributed by atoms with Crippen LogP contribution in [0.4, 0.5) is 0 Å². The third-order valence-corrected chi connectivity index (χ3v) is 5.36. The van der Waals surface area contributed by atoms with Gasteiger partial charge in [-0.3, -0.25) is 0 Å². The van der Waals surface area contributed by atoms with Crippen LogP contribution in [0.15, 0.2) is 24.3 Å². The Balaban J connectivity index is 1.55. The van der Waals surface area contributed by atoms with Crippen molar-refractivity contribution in [2.75, 3.05) is 6.61 Å². The maximum Gasteiger partial charge on any atom is 0.0687 e. The lowest BCUT2D eigenvalue weighted by molar-refractivity contribution is -0.0466. The molecule has 0 amide bonds. The third-order valence-electron chi connectivity index (χ3n) is 5.12. The number of hydrogen-bond acceptors (Lipinski definition) is 2. The largest absolute Gasteiger partial charge is 0.396 e. The van der Waals surface area contributed by atoms with Crippen molar-refractivity contribution in [2.24, 2.45) is 5.92 Å². The highest BCUT2D eigenvalue weighted by Crippen LogP contribution is 2.44. The Hall–Kier alpha value is -0.570. The lowest BCUT2D eigenvalue weighted by atomic mass is 9.92. The number of aliphatic hydroxyl groups is 1. The van der Waals surface area contributed by atoms with E-state index in [1.54, 1.807) is 0 Å². The fourth-order valence-corrected chi connectivity index (χ4v) is 4.25. The van der Waals surface area contributed by atoms with Crippen molar-refractivity contribution in [3.05, 3.63) is 34.9 Å². The summed E-state index contributed by atoms with van der Waals surface area (Å²) in [7, 11) is 0. The zero-order valence-electron chi connectivity index (χ0n) is 12.6. The second-order valence-corrected chi connectivity index (χ2v) is 7.22. The molecular weight excluding hydrogens is 284 g/mol. The summed E-state index contributed by atoms with van der Waals surface area (Å²) in [5.41, 5.74) is 1.40. The Kier molecular flexibility index (Phi) is 4.88. The van der Waals surface area contributed by atoms with E-state index in [-0.39, 0.29) is 18.1 Å². The Labute approximate surface area is 132 Å². The van der Waals surface area contributed by atoms with Gasteiger partial charge in [-0.05, 0) is 62.1 Å². The van der Waals surface area contributed by atoms with Gasteiger partial charge in [-0.1, -0.05) is 36.6 Å². The quantitative estimate of drug-likeness (QED) is 0.875. The number of hydrogen-bond donors (Lipinski definition) is 1. The molecule has 2 unspecified atom stereocenters. The van der Waals surface area contributed by atoms with Crippen LogP contribution in [0, 0.1) is 5.92 Å². The average molecular weight is 309 g/mol. The van der Waals surface area contributed by atoms with Gasteiger partial charge in [0.05, 0.1) is 11.7 Å². The molecule has 1 aromatic carbocycles. The summed E-state index contributed by atoms with van der Waals surface area (Å²) >= 11 is 6.04. The van der Waals surface area contributed by atoms with Crippen molar-refractivity contribution in [3.63, 3.8) is 0 Å². The van der Waals surface area contributed by atoms with Crippen molar-refractivity contribution in [3.8, 4) is 0 Å². The van der Waals surface area contributed by atoms with Crippen molar-refractivity contribution in [2.45, 2.75) is 63.1 Å². The first-order valence-electron chi connectivity index (χ1n) is 8.22. The van der Waals surface area contributed by atoms with Crippen molar-refractivity contribution < 1.29 is 9.84 Å². The molecule has 2 aliphatic rings. The molecule has 2 nitrogen and oxygen atoms in total. The molecule has 1 spiro atoms. The van der Waals surface area contributed by atoms with Crippen LogP contribution < -0.4 is 0 Å². The molecule has 0 bridgehead atoms. The van der Waals surface area contributed by atoms with Gasteiger partial charge >= 0.3 is 0 Å². The van der Waals surface area contributed by atoms with Gasteiger partial charge in [0.2, 0.25) is 0 Å². The van der Waals surface area contributed by atoms with E-state index in [0.29, 0.717) is 6.10 Å². The molecule has 3 heteroatoms. The molecule has 1 saturated carbocycles. The first-order valence-corrected chi connectivity index (χ1v) is 8.60. The predicted octanol–water partition coefficient (Wildman–Crippen LogP) is 4.37. The van der Waals surface area contributed by atoms with E-state index in [0.717, 1.165) is 24.3 Å². The maximum absolute atomic E-state index is 9.69. The SMILES string of the molecule is OCC(Cc1cccc(Cl)c1)CC1CCC2(CCCC2)O1. The lowest BCUT2D eigenvalue weighted by Crippen LogP contribution is -2.26. The Morgan fingerprint density at radius 2 is 2.10 bits per heavy atom. The minimum absolute atomic E-state index is 0.195. The number of aliphatic hydroxyl groups excluding tert-OH is 1. The van der Waals surface area contributed by atoms with E-state index < -0.39 is 0 Å². The van der Waals surface area contributed by atoms with Crippen LogP contribution in [-0.2, 0) is 11.2 Å². The van der Waals surface area contributed by atoms with Crippen LogP contribution in [-0.4, -0.2) is 23.4 Å². The van der Waals surface area contributed by atoms with Gasteiger partial charge in [-0.15, -0.1) is 0 Å². The predicted molar refractivity (Wildman–Crippen MR) is 85.7 cm³/mol. The summed E-state index contributed by atoms with van der Waals surface area (Å²) in [5.74, 6) is 0.269. The number of ether oxygens (including phenoxy) is 1. The van der Waals surface area contributed by atoms with Crippen LogP contribution in [0.1, 0.15) is 50.5 Å². The van der Waals surface area contributed by atoms with Gasteiger partial charge in [0.25, 0.3) is 0 Å². The Morgan fingerprint density at radius 1 is 1.29 bits per heavy atom. The Morgan fingerprint density at radius 3 is 2.81 bits per heavy atom. The van der Waals surface area contributed by atoms with E-state index in [1.807, 2.05) is 18.2 Å².